The summed E-state index contributed by atoms with van der Waals surface area (Å²) in [7, 11) is 0. The summed E-state index contributed by atoms with van der Waals surface area (Å²) >= 11 is 0. The minimum Gasteiger partial charge on any atom is -0.307 e. The molecule has 0 fully saturated rings. The molecule has 0 radical (unpaired) electrons. The third-order valence-electron chi connectivity index (χ3n) is 2.89. The number of benzene rings is 1. The molecule has 2 unspecified atom stereocenters. The van der Waals surface area contributed by atoms with Gasteiger partial charge in [0.25, 0.3) is 5.69 Å². The third kappa shape index (κ3) is 3.57. The lowest BCUT2D eigenvalue weighted by molar-refractivity contribution is -0.385. The number of terminal acetylenes is 1. The van der Waals surface area contributed by atoms with Crippen LogP contribution in [0.5, 0.6) is 0 Å². The number of hydrogen-bond acceptors (Lipinski definition) is 3. The minimum absolute atomic E-state index is 0.0349. The second kappa shape index (κ2) is 6.18. The maximum Gasteiger partial charge on any atom is 0.272 e. The van der Waals surface area contributed by atoms with Crippen LogP contribution in [0.1, 0.15) is 37.4 Å². The van der Waals surface area contributed by atoms with E-state index in [1.807, 2.05) is 19.9 Å². The van der Waals surface area contributed by atoms with Crippen molar-refractivity contribution in [3.05, 3.63) is 39.4 Å². The van der Waals surface area contributed by atoms with E-state index in [0.717, 1.165) is 5.56 Å². The van der Waals surface area contributed by atoms with Gasteiger partial charge in [0.15, 0.2) is 0 Å². The van der Waals surface area contributed by atoms with Crippen molar-refractivity contribution in [3.63, 3.8) is 0 Å². The molecule has 0 saturated heterocycles. The fraction of sp³-hybridized carbons (Fsp3) is 0.429. The molecule has 96 valence electrons. The van der Waals surface area contributed by atoms with Gasteiger partial charge in [0, 0.05) is 30.1 Å². The van der Waals surface area contributed by atoms with Crippen molar-refractivity contribution in [1.82, 2.24) is 5.32 Å². The number of nitro benzene ring substituents is 1. The van der Waals surface area contributed by atoms with Crippen LogP contribution in [-0.2, 0) is 0 Å². The Kier molecular flexibility index (Phi) is 4.87. The molecule has 0 bridgehead atoms. The molecule has 18 heavy (non-hydrogen) atoms. The topological polar surface area (TPSA) is 55.2 Å². The number of nitrogens with zero attached hydrogens (tertiary/aromatic N) is 1. The third-order valence-corrected chi connectivity index (χ3v) is 2.89. The van der Waals surface area contributed by atoms with Crippen molar-refractivity contribution in [2.24, 2.45) is 0 Å². The maximum absolute atomic E-state index is 10.9. The van der Waals surface area contributed by atoms with Gasteiger partial charge in [0.2, 0.25) is 0 Å². The van der Waals surface area contributed by atoms with Gasteiger partial charge in [-0.1, -0.05) is 12.1 Å². The second-order valence-electron chi connectivity index (χ2n) is 4.50. The Morgan fingerprint density at radius 2 is 2.17 bits per heavy atom. The fourth-order valence-electron chi connectivity index (χ4n) is 1.85. The molecule has 0 heterocycles. The monoisotopic (exact) mass is 246 g/mol. The Morgan fingerprint density at radius 1 is 1.50 bits per heavy atom. The molecule has 0 aliphatic heterocycles. The Bertz CT molecular complexity index is 477. The summed E-state index contributed by atoms with van der Waals surface area (Å²) < 4.78 is 0. The standard InChI is InChI=1S/C14H18N2O2/c1-5-6-11(3)15-12(4)13-8-7-10(2)14(9-13)16(17)18/h1,7-9,11-12,15H,6H2,2-4H3. The van der Waals surface area contributed by atoms with Gasteiger partial charge in [-0.25, -0.2) is 0 Å². The van der Waals surface area contributed by atoms with E-state index in [2.05, 4.69) is 11.2 Å². The van der Waals surface area contributed by atoms with Gasteiger partial charge in [0.1, 0.15) is 0 Å². The first-order valence-corrected chi connectivity index (χ1v) is 5.90. The summed E-state index contributed by atoms with van der Waals surface area (Å²) in [6.45, 7) is 5.71. The minimum atomic E-state index is -0.351. The van der Waals surface area contributed by atoms with Gasteiger partial charge in [-0.3, -0.25) is 10.1 Å². The van der Waals surface area contributed by atoms with E-state index in [1.165, 1.54) is 0 Å². The van der Waals surface area contributed by atoms with Gasteiger partial charge < -0.3 is 5.32 Å². The molecule has 1 rings (SSSR count). The largest absolute Gasteiger partial charge is 0.307 e. The van der Waals surface area contributed by atoms with Crippen LogP contribution in [0.3, 0.4) is 0 Å². The van der Waals surface area contributed by atoms with Gasteiger partial charge >= 0.3 is 0 Å². The number of nitrogens with one attached hydrogen (secondary N) is 1. The van der Waals surface area contributed by atoms with E-state index in [-0.39, 0.29) is 22.7 Å². The molecular formula is C14H18N2O2. The van der Waals surface area contributed by atoms with Crippen LogP contribution in [0.15, 0.2) is 18.2 Å². The Balaban J connectivity index is 2.87. The van der Waals surface area contributed by atoms with Crippen molar-refractivity contribution in [3.8, 4) is 12.3 Å². The van der Waals surface area contributed by atoms with Crippen LogP contribution in [0.4, 0.5) is 5.69 Å². The summed E-state index contributed by atoms with van der Waals surface area (Å²) in [5.74, 6) is 2.59. The molecule has 1 aromatic carbocycles. The quantitative estimate of drug-likeness (QED) is 0.493. The van der Waals surface area contributed by atoms with E-state index in [9.17, 15) is 10.1 Å². The summed E-state index contributed by atoms with van der Waals surface area (Å²) in [4.78, 5) is 10.5. The van der Waals surface area contributed by atoms with Gasteiger partial charge in [-0.15, -0.1) is 12.3 Å². The highest BCUT2D eigenvalue weighted by Crippen LogP contribution is 2.23. The van der Waals surface area contributed by atoms with E-state index < -0.39 is 0 Å². The molecule has 0 spiro atoms. The zero-order valence-corrected chi connectivity index (χ0v) is 10.9. The van der Waals surface area contributed by atoms with Crippen LogP contribution >= 0.6 is 0 Å². The molecule has 0 aromatic heterocycles. The molecular weight excluding hydrogens is 228 g/mol. The lowest BCUT2D eigenvalue weighted by Gasteiger charge is -2.18. The van der Waals surface area contributed by atoms with Gasteiger partial charge in [-0.05, 0) is 26.3 Å². The number of aryl methyl sites for hydroxylation is 1. The molecule has 2 atom stereocenters. The van der Waals surface area contributed by atoms with E-state index in [4.69, 9.17) is 6.42 Å². The Morgan fingerprint density at radius 3 is 2.72 bits per heavy atom. The van der Waals surface area contributed by atoms with E-state index >= 15 is 0 Å². The van der Waals surface area contributed by atoms with Crippen molar-refractivity contribution >= 4 is 5.69 Å². The van der Waals surface area contributed by atoms with Crippen molar-refractivity contribution in [1.29, 1.82) is 0 Å². The number of rotatable bonds is 5. The molecule has 0 amide bonds. The van der Waals surface area contributed by atoms with Crippen LogP contribution in [0.25, 0.3) is 0 Å². The van der Waals surface area contributed by atoms with Crippen LogP contribution in [0.2, 0.25) is 0 Å². The maximum atomic E-state index is 10.9. The van der Waals surface area contributed by atoms with Gasteiger partial charge in [0.05, 0.1) is 4.92 Å². The zero-order valence-electron chi connectivity index (χ0n) is 10.9. The van der Waals surface area contributed by atoms with Crippen molar-refractivity contribution in [2.45, 2.75) is 39.3 Å². The second-order valence-corrected chi connectivity index (χ2v) is 4.50. The normalized spacial score (nSPS) is 13.7. The van der Waals surface area contributed by atoms with Crippen LogP contribution in [-0.4, -0.2) is 11.0 Å². The first-order chi connectivity index (χ1) is 8.45. The van der Waals surface area contributed by atoms with Crippen LogP contribution < -0.4 is 5.32 Å². The van der Waals surface area contributed by atoms with E-state index in [1.54, 1.807) is 19.1 Å². The summed E-state index contributed by atoms with van der Waals surface area (Å²) in [6.07, 6.45) is 5.89. The molecule has 0 aliphatic carbocycles. The molecule has 1 aromatic rings. The number of nitro groups is 1. The molecule has 1 N–H and O–H groups in total. The lowest BCUT2D eigenvalue weighted by atomic mass is 10.0. The molecule has 4 nitrogen and oxygen atoms in total. The highest BCUT2D eigenvalue weighted by Gasteiger charge is 2.15. The highest BCUT2D eigenvalue weighted by molar-refractivity contribution is 5.43. The average Bonchev–Trinajstić information content (AvgIpc) is 2.29. The fourth-order valence-corrected chi connectivity index (χ4v) is 1.85. The van der Waals surface area contributed by atoms with E-state index in [0.29, 0.717) is 12.0 Å². The highest BCUT2D eigenvalue weighted by atomic mass is 16.6. The van der Waals surface area contributed by atoms with Crippen molar-refractivity contribution < 1.29 is 4.92 Å². The predicted octanol–water partition coefficient (Wildman–Crippen LogP) is 2.97. The average molecular weight is 246 g/mol. The first-order valence-electron chi connectivity index (χ1n) is 5.90. The number of hydrogen-bond donors (Lipinski definition) is 1. The molecule has 0 saturated carbocycles. The lowest BCUT2D eigenvalue weighted by Crippen LogP contribution is -2.28. The first kappa shape index (κ1) is 14.2. The van der Waals surface area contributed by atoms with Crippen LogP contribution in [0, 0.1) is 29.4 Å². The van der Waals surface area contributed by atoms with Gasteiger partial charge in [-0.2, -0.15) is 0 Å². The molecule has 4 heteroatoms. The predicted molar refractivity (Wildman–Crippen MR) is 72.3 cm³/mol. The Hall–Kier alpha value is -1.86. The SMILES string of the molecule is C#CCC(C)NC(C)c1ccc(C)c([N+](=O)[O-])c1. The Labute approximate surface area is 108 Å². The zero-order chi connectivity index (χ0) is 13.7. The smallest absolute Gasteiger partial charge is 0.272 e. The summed E-state index contributed by atoms with van der Waals surface area (Å²) in [5.41, 5.74) is 1.73. The van der Waals surface area contributed by atoms with Crippen molar-refractivity contribution in [2.75, 3.05) is 0 Å². The summed E-state index contributed by atoms with van der Waals surface area (Å²) in [6, 6.07) is 5.52. The summed E-state index contributed by atoms with van der Waals surface area (Å²) in [5, 5.41) is 14.2. The molecule has 0 aliphatic rings.